The molecule has 1 aromatic carbocycles. The first-order chi connectivity index (χ1) is 6.45. The van der Waals surface area contributed by atoms with Gasteiger partial charge in [-0.1, -0.05) is 36.4 Å². The summed E-state index contributed by atoms with van der Waals surface area (Å²) in [7, 11) is 0. The molecule has 0 aliphatic heterocycles. The fourth-order valence-corrected chi connectivity index (χ4v) is 2.18. The van der Waals surface area contributed by atoms with Crippen molar-refractivity contribution in [1.82, 2.24) is 0 Å². The largest absolute Gasteiger partial charge is 0.120 e. The van der Waals surface area contributed by atoms with E-state index in [1.807, 2.05) is 6.08 Å². The Morgan fingerprint density at radius 3 is 3.15 bits per heavy atom. The number of benzene rings is 1. The van der Waals surface area contributed by atoms with Crippen molar-refractivity contribution in [1.29, 1.82) is 0 Å². The van der Waals surface area contributed by atoms with Crippen molar-refractivity contribution in [3.63, 3.8) is 0 Å². The van der Waals surface area contributed by atoms with E-state index in [9.17, 15) is 0 Å². The number of hydrogen-bond acceptors (Lipinski definition) is 0. The van der Waals surface area contributed by atoms with Crippen LogP contribution in [0.5, 0.6) is 0 Å². The monoisotopic (exact) mass is 166 g/mol. The number of hydrogen-bond donors (Lipinski definition) is 0. The first-order valence-corrected chi connectivity index (χ1v) is 4.65. The molecule has 1 aromatic rings. The molecular formula is C13H10. The van der Waals surface area contributed by atoms with Gasteiger partial charge in [0.2, 0.25) is 0 Å². The molecule has 1 unspecified atom stereocenters. The Labute approximate surface area is 77.9 Å². The van der Waals surface area contributed by atoms with Gasteiger partial charge in [-0.05, 0) is 22.8 Å². The zero-order chi connectivity index (χ0) is 8.67. The van der Waals surface area contributed by atoms with Crippen molar-refractivity contribution >= 4 is 0 Å². The van der Waals surface area contributed by atoms with Crippen molar-refractivity contribution in [2.45, 2.75) is 12.3 Å². The molecule has 0 bridgehead atoms. The van der Waals surface area contributed by atoms with E-state index in [1.165, 1.54) is 16.7 Å². The predicted octanol–water partition coefficient (Wildman–Crippen LogP) is 2.98. The van der Waals surface area contributed by atoms with Gasteiger partial charge in [0.05, 0.1) is 0 Å². The predicted molar refractivity (Wildman–Crippen MR) is 53.6 cm³/mol. The van der Waals surface area contributed by atoms with Gasteiger partial charge in [-0.15, -0.1) is 5.73 Å². The summed E-state index contributed by atoms with van der Waals surface area (Å²) >= 11 is 0. The van der Waals surface area contributed by atoms with Gasteiger partial charge in [0.15, 0.2) is 0 Å². The van der Waals surface area contributed by atoms with E-state index in [0.717, 1.165) is 6.42 Å². The summed E-state index contributed by atoms with van der Waals surface area (Å²) in [4.78, 5) is 0. The molecular weight excluding hydrogens is 156 g/mol. The fraction of sp³-hybridized carbons (Fsp3) is 0.154. The third-order valence-corrected chi connectivity index (χ3v) is 2.81. The Bertz CT molecular complexity index is 443. The van der Waals surface area contributed by atoms with Crippen LogP contribution in [0.1, 0.15) is 17.0 Å². The van der Waals surface area contributed by atoms with Crippen LogP contribution >= 0.6 is 0 Å². The average Bonchev–Trinajstić information content (AvgIpc) is 2.56. The average molecular weight is 166 g/mol. The molecule has 0 N–H and O–H groups in total. The van der Waals surface area contributed by atoms with Gasteiger partial charge in [-0.2, -0.15) is 0 Å². The normalized spacial score (nSPS) is 22.5. The minimum Gasteiger partial charge on any atom is -0.120 e. The van der Waals surface area contributed by atoms with Crippen LogP contribution in [-0.2, 0) is 6.42 Å². The second kappa shape index (κ2) is 2.48. The lowest BCUT2D eigenvalue weighted by Crippen LogP contribution is -1.92. The second-order valence-electron chi connectivity index (χ2n) is 3.57. The lowest BCUT2D eigenvalue weighted by molar-refractivity contribution is 1.02. The Kier molecular flexibility index (Phi) is 1.32. The maximum Gasteiger partial charge on any atom is 0.0313 e. The van der Waals surface area contributed by atoms with E-state index in [1.54, 1.807) is 0 Å². The molecule has 13 heavy (non-hydrogen) atoms. The quantitative estimate of drug-likeness (QED) is 0.520. The van der Waals surface area contributed by atoms with Crippen LogP contribution in [0.25, 0.3) is 0 Å². The maximum absolute atomic E-state index is 3.33. The molecule has 0 spiro atoms. The molecule has 1 atom stereocenters. The minimum absolute atomic E-state index is 0.515. The van der Waals surface area contributed by atoms with Crippen molar-refractivity contribution < 1.29 is 0 Å². The standard InChI is InChI=1S/C13H10/c1-3-7-12-10(5-1)9-11-6-2-4-8-13(11)12/h1-5,7-8,13H,9H2. The molecule has 0 saturated carbocycles. The summed E-state index contributed by atoms with van der Waals surface area (Å²) in [5, 5.41) is 0. The number of rotatable bonds is 0. The van der Waals surface area contributed by atoms with Crippen LogP contribution in [0.15, 0.2) is 53.8 Å². The summed E-state index contributed by atoms with van der Waals surface area (Å²) in [6.45, 7) is 0. The van der Waals surface area contributed by atoms with Gasteiger partial charge < -0.3 is 0 Å². The highest BCUT2D eigenvalue weighted by Gasteiger charge is 2.24. The van der Waals surface area contributed by atoms with E-state index in [4.69, 9.17) is 0 Å². The molecule has 0 amide bonds. The third-order valence-electron chi connectivity index (χ3n) is 2.81. The van der Waals surface area contributed by atoms with Gasteiger partial charge >= 0.3 is 0 Å². The minimum atomic E-state index is 0.515. The topological polar surface area (TPSA) is 0 Å². The molecule has 0 radical (unpaired) electrons. The van der Waals surface area contributed by atoms with E-state index in [-0.39, 0.29) is 0 Å². The lowest BCUT2D eigenvalue weighted by atomic mass is 9.96. The van der Waals surface area contributed by atoms with E-state index >= 15 is 0 Å². The van der Waals surface area contributed by atoms with E-state index in [0.29, 0.717) is 5.92 Å². The van der Waals surface area contributed by atoms with Crippen LogP contribution in [0.2, 0.25) is 0 Å². The molecule has 3 rings (SSSR count). The van der Waals surface area contributed by atoms with Gasteiger partial charge in [0.1, 0.15) is 0 Å². The number of fused-ring (bicyclic) bond motifs is 3. The van der Waals surface area contributed by atoms with Crippen LogP contribution in [0.4, 0.5) is 0 Å². The molecule has 0 heterocycles. The maximum atomic E-state index is 3.33. The molecule has 0 saturated heterocycles. The van der Waals surface area contributed by atoms with Crippen LogP contribution in [0.3, 0.4) is 0 Å². The molecule has 2 aliphatic carbocycles. The van der Waals surface area contributed by atoms with Crippen molar-refractivity contribution in [3.8, 4) is 0 Å². The summed E-state index contributed by atoms with van der Waals surface area (Å²) in [6.07, 6.45) is 7.45. The third kappa shape index (κ3) is 0.929. The highest BCUT2D eigenvalue weighted by Crippen LogP contribution is 2.38. The lowest BCUT2D eigenvalue weighted by Gasteiger charge is -2.07. The zero-order valence-corrected chi connectivity index (χ0v) is 7.33. The molecule has 62 valence electrons. The zero-order valence-electron chi connectivity index (χ0n) is 7.33. The smallest absolute Gasteiger partial charge is 0.0313 e. The van der Waals surface area contributed by atoms with Gasteiger partial charge in [-0.25, -0.2) is 0 Å². The highest BCUT2D eigenvalue weighted by atomic mass is 14.3. The Balaban J connectivity index is 2.24. The van der Waals surface area contributed by atoms with Crippen molar-refractivity contribution in [2.24, 2.45) is 0 Å². The van der Waals surface area contributed by atoms with Gasteiger partial charge in [0.25, 0.3) is 0 Å². The fourth-order valence-electron chi connectivity index (χ4n) is 2.18. The second-order valence-corrected chi connectivity index (χ2v) is 3.57. The van der Waals surface area contributed by atoms with Crippen molar-refractivity contribution in [3.05, 3.63) is 64.9 Å². The molecule has 2 aliphatic rings. The summed E-state index contributed by atoms with van der Waals surface area (Å²) in [5.41, 5.74) is 7.69. The SMILES string of the molecule is C1=CC=CC2C=1Cc1ccccc12. The van der Waals surface area contributed by atoms with E-state index in [2.05, 4.69) is 42.1 Å². The van der Waals surface area contributed by atoms with E-state index < -0.39 is 0 Å². The summed E-state index contributed by atoms with van der Waals surface area (Å²) < 4.78 is 0. The first kappa shape index (κ1) is 6.94. The van der Waals surface area contributed by atoms with Crippen LogP contribution in [0, 0.1) is 0 Å². The summed E-state index contributed by atoms with van der Waals surface area (Å²) in [6, 6.07) is 8.68. The van der Waals surface area contributed by atoms with Gasteiger partial charge in [0, 0.05) is 12.3 Å². The Morgan fingerprint density at radius 1 is 1.23 bits per heavy atom. The molecule has 0 fully saturated rings. The Morgan fingerprint density at radius 2 is 2.15 bits per heavy atom. The van der Waals surface area contributed by atoms with Gasteiger partial charge in [-0.3, -0.25) is 0 Å². The van der Waals surface area contributed by atoms with Crippen molar-refractivity contribution in [2.75, 3.05) is 0 Å². The Hall–Kier alpha value is -1.52. The molecule has 0 heteroatoms. The first-order valence-electron chi connectivity index (χ1n) is 4.65. The molecule has 0 nitrogen and oxygen atoms in total. The molecule has 0 aromatic heterocycles. The van der Waals surface area contributed by atoms with Crippen LogP contribution in [-0.4, -0.2) is 0 Å². The highest BCUT2D eigenvalue weighted by molar-refractivity contribution is 5.50. The summed E-state index contributed by atoms with van der Waals surface area (Å²) in [5.74, 6) is 0.515. The van der Waals surface area contributed by atoms with Crippen LogP contribution < -0.4 is 0 Å². The number of allylic oxidation sites excluding steroid dienone is 3.